The molecule has 1 aliphatic heterocycles. The van der Waals surface area contributed by atoms with E-state index in [1.165, 1.54) is 6.07 Å². The molecule has 28 heavy (non-hydrogen) atoms. The molecule has 0 aliphatic carbocycles. The molecule has 1 aliphatic rings. The average molecular weight is 389 g/mol. The Morgan fingerprint density at radius 2 is 2.14 bits per heavy atom. The molecule has 1 aromatic carbocycles. The normalized spacial score (nSPS) is 18.9. The van der Waals surface area contributed by atoms with Gasteiger partial charge in [-0.1, -0.05) is 42.8 Å². The molecule has 2 aromatic rings. The molecule has 0 bridgehead atoms. The molecule has 1 saturated heterocycles. The van der Waals surface area contributed by atoms with Gasteiger partial charge < -0.3 is 10.2 Å². The highest BCUT2D eigenvalue weighted by atomic mass is 19.4. The maximum Gasteiger partial charge on any atom is 0.393 e. The molecule has 148 valence electrons. The quantitative estimate of drug-likeness (QED) is 0.790. The first-order valence-electron chi connectivity index (χ1n) is 9.12. The zero-order valence-corrected chi connectivity index (χ0v) is 15.5. The molecular formula is C21H22F3N3O. The highest BCUT2D eigenvalue weighted by Crippen LogP contribution is 2.27. The summed E-state index contributed by atoms with van der Waals surface area (Å²) in [4.78, 5) is 18.1. The average Bonchev–Trinajstić information content (AvgIpc) is 2.63. The van der Waals surface area contributed by atoms with E-state index in [0.717, 1.165) is 11.1 Å². The predicted octanol–water partition coefficient (Wildman–Crippen LogP) is 5.14. The van der Waals surface area contributed by atoms with Crippen molar-refractivity contribution in [2.24, 2.45) is 5.92 Å². The molecule has 2 amide bonds. The van der Waals surface area contributed by atoms with Gasteiger partial charge in [0.15, 0.2) is 0 Å². The summed E-state index contributed by atoms with van der Waals surface area (Å²) in [6.07, 6.45) is 0.712. The molecule has 3 rings (SSSR count). The van der Waals surface area contributed by atoms with Crippen molar-refractivity contribution < 1.29 is 18.0 Å². The Morgan fingerprint density at radius 3 is 2.82 bits per heavy atom. The van der Waals surface area contributed by atoms with Crippen LogP contribution in [0.15, 0.2) is 54.4 Å². The van der Waals surface area contributed by atoms with E-state index in [2.05, 4.69) is 10.3 Å². The predicted molar refractivity (Wildman–Crippen MR) is 103 cm³/mol. The second-order valence-corrected chi connectivity index (χ2v) is 7.03. The fourth-order valence-electron chi connectivity index (χ4n) is 3.33. The number of hydrogen-bond donors (Lipinski definition) is 1. The Labute approximate surface area is 162 Å². The number of benzene rings is 1. The van der Waals surface area contributed by atoms with Gasteiger partial charge in [-0.3, -0.25) is 4.98 Å². The van der Waals surface area contributed by atoms with Gasteiger partial charge in [0.2, 0.25) is 0 Å². The molecule has 7 heteroatoms. The van der Waals surface area contributed by atoms with Gasteiger partial charge in [-0.25, -0.2) is 4.79 Å². The van der Waals surface area contributed by atoms with Crippen LogP contribution in [0.5, 0.6) is 0 Å². The van der Waals surface area contributed by atoms with Crippen LogP contribution in [0.2, 0.25) is 0 Å². The van der Waals surface area contributed by atoms with Gasteiger partial charge >= 0.3 is 12.2 Å². The molecule has 0 spiro atoms. The van der Waals surface area contributed by atoms with Crippen LogP contribution in [0.3, 0.4) is 0 Å². The zero-order chi connectivity index (χ0) is 20.1. The SMILES string of the molecule is CC1CN(C(=O)Nc2cccnc2)CC/C1=C\c1cccc(CC(F)(F)F)c1. The number of anilines is 1. The lowest BCUT2D eigenvalue weighted by Gasteiger charge is -2.33. The summed E-state index contributed by atoms with van der Waals surface area (Å²) in [7, 11) is 0. The maximum absolute atomic E-state index is 12.6. The number of amides is 2. The van der Waals surface area contributed by atoms with E-state index in [9.17, 15) is 18.0 Å². The Kier molecular flexibility index (Phi) is 6.02. The van der Waals surface area contributed by atoms with E-state index in [0.29, 0.717) is 25.2 Å². The van der Waals surface area contributed by atoms with Gasteiger partial charge in [-0.15, -0.1) is 0 Å². The van der Waals surface area contributed by atoms with Gasteiger partial charge in [0.25, 0.3) is 0 Å². The van der Waals surface area contributed by atoms with E-state index in [1.54, 1.807) is 47.6 Å². The zero-order valence-electron chi connectivity index (χ0n) is 15.5. The molecule has 1 aromatic heterocycles. The third kappa shape index (κ3) is 5.58. The Bertz CT molecular complexity index is 849. The number of rotatable bonds is 3. The first-order chi connectivity index (χ1) is 13.3. The molecule has 1 fully saturated rings. The van der Waals surface area contributed by atoms with Crippen molar-refractivity contribution in [3.05, 3.63) is 65.5 Å². The van der Waals surface area contributed by atoms with Crippen molar-refractivity contribution in [3.63, 3.8) is 0 Å². The molecule has 1 unspecified atom stereocenters. The number of halogens is 3. The second-order valence-electron chi connectivity index (χ2n) is 7.03. The summed E-state index contributed by atoms with van der Waals surface area (Å²) >= 11 is 0. The molecular weight excluding hydrogens is 367 g/mol. The molecule has 4 nitrogen and oxygen atoms in total. The van der Waals surface area contributed by atoms with Crippen LogP contribution in [0.4, 0.5) is 23.7 Å². The monoisotopic (exact) mass is 389 g/mol. The minimum absolute atomic E-state index is 0.125. The maximum atomic E-state index is 12.6. The molecule has 0 saturated carbocycles. The number of carbonyl (C=O) groups excluding carboxylic acids is 1. The lowest BCUT2D eigenvalue weighted by molar-refractivity contribution is -0.127. The van der Waals surface area contributed by atoms with Gasteiger partial charge in [0.05, 0.1) is 18.3 Å². The first kappa shape index (κ1) is 19.9. The number of carbonyl (C=O) groups is 1. The fraction of sp³-hybridized carbons (Fsp3) is 0.333. The highest BCUT2D eigenvalue weighted by Gasteiger charge is 2.28. The number of alkyl halides is 3. The van der Waals surface area contributed by atoms with Crippen molar-refractivity contribution >= 4 is 17.8 Å². The van der Waals surface area contributed by atoms with Crippen LogP contribution in [0, 0.1) is 5.92 Å². The third-order valence-corrected chi connectivity index (χ3v) is 4.71. The van der Waals surface area contributed by atoms with Crippen molar-refractivity contribution in [2.75, 3.05) is 18.4 Å². The Balaban J connectivity index is 1.63. The smallest absolute Gasteiger partial charge is 0.324 e. The minimum atomic E-state index is -4.22. The topological polar surface area (TPSA) is 45.2 Å². The number of urea groups is 1. The third-order valence-electron chi connectivity index (χ3n) is 4.71. The molecule has 1 atom stereocenters. The molecule has 0 radical (unpaired) electrons. The Morgan fingerprint density at radius 1 is 1.32 bits per heavy atom. The number of nitrogens with one attached hydrogen (secondary N) is 1. The van der Waals surface area contributed by atoms with Gasteiger partial charge in [0, 0.05) is 19.3 Å². The summed E-state index contributed by atoms with van der Waals surface area (Å²) in [6.45, 7) is 3.14. The van der Waals surface area contributed by atoms with E-state index >= 15 is 0 Å². The van der Waals surface area contributed by atoms with Crippen LogP contribution < -0.4 is 5.32 Å². The van der Waals surface area contributed by atoms with Crippen molar-refractivity contribution in [2.45, 2.75) is 25.9 Å². The van der Waals surface area contributed by atoms with Crippen molar-refractivity contribution in [1.82, 2.24) is 9.88 Å². The first-order valence-corrected chi connectivity index (χ1v) is 9.12. The van der Waals surface area contributed by atoms with Crippen LogP contribution in [-0.2, 0) is 6.42 Å². The number of aromatic nitrogens is 1. The number of piperidine rings is 1. The van der Waals surface area contributed by atoms with E-state index < -0.39 is 12.6 Å². The number of pyridine rings is 1. The summed E-state index contributed by atoms with van der Waals surface area (Å²) in [5.41, 5.74) is 2.79. The van der Waals surface area contributed by atoms with Crippen LogP contribution in [-0.4, -0.2) is 35.2 Å². The number of hydrogen-bond acceptors (Lipinski definition) is 2. The lowest BCUT2D eigenvalue weighted by Crippen LogP contribution is -2.42. The van der Waals surface area contributed by atoms with Crippen LogP contribution >= 0.6 is 0 Å². The Hall–Kier alpha value is -2.83. The summed E-state index contributed by atoms with van der Waals surface area (Å²) in [6, 6.07) is 9.88. The highest BCUT2D eigenvalue weighted by molar-refractivity contribution is 5.89. The van der Waals surface area contributed by atoms with Crippen molar-refractivity contribution in [3.8, 4) is 0 Å². The van der Waals surface area contributed by atoms with E-state index in [-0.39, 0.29) is 17.5 Å². The van der Waals surface area contributed by atoms with Gasteiger partial charge in [-0.05, 0) is 35.6 Å². The largest absolute Gasteiger partial charge is 0.393 e. The number of likely N-dealkylation sites (tertiary alicyclic amines) is 1. The van der Waals surface area contributed by atoms with E-state index in [1.807, 2.05) is 13.0 Å². The summed E-state index contributed by atoms with van der Waals surface area (Å²) in [5, 5.41) is 2.82. The van der Waals surface area contributed by atoms with Crippen LogP contribution in [0.25, 0.3) is 6.08 Å². The van der Waals surface area contributed by atoms with Gasteiger partial charge in [-0.2, -0.15) is 13.2 Å². The van der Waals surface area contributed by atoms with Gasteiger partial charge in [0.1, 0.15) is 0 Å². The minimum Gasteiger partial charge on any atom is -0.324 e. The van der Waals surface area contributed by atoms with Crippen molar-refractivity contribution in [1.29, 1.82) is 0 Å². The van der Waals surface area contributed by atoms with E-state index in [4.69, 9.17) is 0 Å². The summed E-state index contributed by atoms with van der Waals surface area (Å²) in [5.74, 6) is 0.125. The lowest BCUT2D eigenvalue weighted by atomic mass is 9.91. The summed E-state index contributed by atoms with van der Waals surface area (Å²) < 4.78 is 37.8. The second kappa shape index (κ2) is 8.46. The van der Waals surface area contributed by atoms with Crippen LogP contribution in [0.1, 0.15) is 24.5 Å². The molecule has 1 N–H and O–H groups in total. The standard InChI is InChI=1S/C21H22F3N3O/c1-15-14-27(20(28)26-19-6-3-8-25-13-19)9-7-18(15)11-16-4-2-5-17(10-16)12-21(22,23)24/h2-6,8,10-11,13,15H,7,9,12,14H2,1H3,(H,26,28)/b18-11+. The number of nitrogens with zero attached hydrogens (tertiary/aromatic N) is 2. The molecule has 2 heterocycles. The fourth-order valence-corrected chi connectivity index (χ4v) is 3.33.